The molecule has 0 spiro atoms. The highest BCUT2D eigenvalue weighted by Crippen LogP contribution is 2.30. The minimum atomic E-state index is -6.30. The Morgan fingerprint density at radius 2 is 0.811 bits per heavy atom. The highest BCUT2D eigenvalue weighted by Gasteiger charge is 2.51. The summed E-state index contributed by atoms with van der Waals surface area (Å²) in [7, 11) is -48.3. The Bertz CT molecular complexity index is 2150. The first kappa shape index (κ1) is 49.9. The first-order valence-corrected chi connectivity index (χ1v) is 22.6. The van der Waals surface area contributed by atoms with Crippen molar-refractivity contribution >= 4 is 83.2 Å². The van der Waals surface area contributed by atoms with E-state index in [9.17, 15) is 81.0 Å². The number of rotatable bonds is 23. The zero-order valence-corrected chi connectivity index (χ0v) is 30.7. The number of hydrogen-bond acceptors (Lipinski definition) is 26. The van der Waals surface area contributed by atoms with Gasteiger partial charge in [0.1, 0.15) is 36.6 Å². The molecule has 1 aliphatic heterocycles. The van der Waals surface area contributed by atoms with Crippen LogP contribution in [0.25, 0.3) is 0 Å². The molecule has 1 fully saturated rings. The van der Waals surface area contributed by atoms with Gasteiger partial charge in [-0.25, -0.2) is 33.5 Å². The molecule has 0 amide bonds. The first-order valence-electron chi connectivity index (χ1n) is 11.7. The summed E-state index contributed by atoms with van der Waals surface area (Å²) in [5, 5.41) is 0. The summed E-state index contributed by atoms with van der Waals surface area (Å²) in [6.45, 7) is -5.85. The van der Waals surface area contributed by atoms with Crippen LogP contribution in [0.3, 0.4) is 0 Å². The van der Waals surface area contributed by atoms with Gasteiger partial charge in [0.05, 0.1) is 19.8 Å². The van der Waals surface area contributed by atoms with Gasteiger partial charge < -0.3 is 9.47 Å². The van der Waals surface area contributed by atoms with Gasteiger partial charge >= 0.3 is 83.2 Å². The van der Waals surface area contributed by atoms with Gasteiger partial charge in [-0.2, -0.15) is 67.3 Å². The fraction of sp³-hybridized carbons (Fsp3) is 1.00. The van der Waals surface area contributed by atoms with Crippen LogP contribution in [0, 0.1) is 0 Å². The summed E-state index contributed by atoms with van der Waals surface area (Å²) >= 11 is 0. The summed E-state index contributed by atoms with van der Waals surface area (Å²) in [6, 6.07) is 0. The fourth-order valence-electron chi connectivity index (χ4n) is 3.57. The van der Waals surface area contributed by atoms with Crippen molar-refractivity contribution in [3.63, 3.8) is 0 Å². The largest absolute Gasteiger partial charge is 0.397 e. The van der Waals surface area contributed by atoms with E-state index in [0.717, 1.165) is 0 Å². The van der Waals surface area contributed by atoms with Crippen molar-refractivity contribution in [3.8, 4) is 0 Å². The fourth-order valence-corrected chi connectivity index (χ4v) is 7.33. The van der Waals surface area contributed by atoms with Crippen LogP contribution in [-0.4, -0.2) is 173 Å². The summed E-state index contributed by atoms with van der Waals surface area (Å²) < 4.78 is 297. The van der Waals surface area contributed by atoms with E-state index in [4.69, 9.17) is 32.2 Å². The average Bonchev–Trinajstić information content (AvgIpc) is 2.84. The van der Waals surface area contributed by atoms with E-state index in [1.165, 1.54) is 0 Å². The lowest BCUT2D eigenvalue weighted by Gasteiger charge is -2.39. The molecule has 0 aromatic rings. The number of hydrogen-bond donors (Lipinski definition) is 8. The van der Waals surface area contributed by atoms with E-state index < -0.39 is 152 Å². The van der Waals surface area contributed by atoms with Crippen LogP contribution in [-0.2, 0) is 126 Å². The second-order valence-corrected chi connectivity index (χ2v) is 17.3. The van der Waals surface area contributed by atoms with Crippen molar-refractivity contribution in [3.05, 3.63) is 0 Å². The maximum atomic E-state index is 11.7. The van der Waals surface area contributed by atoms with Crippen LogP contribution in [0.15, 0.2) is 0 Å². The van der Waals surface area contributed by atoms with Gasteiger partial charge in [0.25, 0.3) is 0 Å². The molecule has 0 aliphatic carbocycles. The van der Waals surface area contributed by atoms with Crippen LogP contribution in [0.4, 0.5) is 0 Å². The smallest absolute Gasteiger partial charge is 0.347 e. The molecule has 0 aromatic carbocycles. The minimum Gasteiger partial charge on any atom is -0.347 e. The molecular weight excluding hydrogens is 933 g/mol. The maximum absolute atomic E-state index is 11.7. The second-order valence-electron chi connectivity index (χ2n) is 8.89. The van der Waals surface area contributed by atoms with Crippen molar-refractivity contribution in [2.24, 2.45) is 0 Å². The zero-order chi connectivity index (χ0) is 41.8. The van der Waals surface area contributed by atoms with E-state index in [0.29, 0.717) is 0 Å². The molecule has 1 heterocycles. The van der Waals surface area contributed by atoms with Crippen molar-refractivity contribution in [2.75, 3.05) is 19.8 Å². The predicted molar refractivity (Wildman–Crippen MR) is 148 cm³/mol. The SMILES string of the molecule is O=S(=O)(O)OC[C@H](OS(=O)(=O)O)[C@H](OS(=O)(=O)O)[C@@H](OS(=O)(=O)O)[C@H](CO[C@@H]1OC[C@@H](OS(=O)(=O)O)[C@@H](OS(=O)(=O)O)[C@H]1OS(=O)(=O)O)OS(=O)(=O)O. The molecule has 0 radical (unpaired) electrons. The van der Waals surface area contributed by atoms with Crippen molar-refractivity contribution < 1.29 is 147 Å². The molecule has 1 aliphatic rings. The van der Waals surface area contributed by atoms with E-state index in [2.05, 4.69) is 33.5 Å². The molecule has 42 heteroatoms. The van der Waals surface area contributed by atoms with Crippen molar-refractivity contribution in [1.82, 2.24) is 0 Å². The Morgan fingerprint density at radius 1 is 0.453 bits per heavy atom. The normalized spacial score (nSPS) is 23.9. The third-order valence-corrected chi connectivity index (χ3v) is 8.68. The molecule has 8 atom stereocenters. The van der Waals surface area contributed by atoms with Gasteiger partial charge in [-0.15, -0.1) is 0 Å². The maximum Gasteiger partial charge on any atom is 0.397 e. The van der Waals surface area contributed by atoms with Crippen LogP contribution in [0.1, 0.15) is 0 Å². The minimum absolute atomic E-state index is 1.52. The molecular formula is C11H22O34S8. The Kier molecular flexibility index (Phi) is 16.9. The monoisotopic (exact) mass is 954 g/mol. The second kappa shape index (κ2) is 18.0. The van der Waals surface area contributed by atoms with Gasteiger partial charge in [0, 0.05) is 0 Å². The van der Waals surface area contributed by atoms with Crippen LogP contribution >= 0.6 is 0 Å². The molecule has 0 saturated carbocycles. The van der Waals surface area contributed by atoms with E-state index in [-0.39, 0.29) is 0 Å². The topological polar surface area (TPSA) is 527 Å². The quantitative estimate of drug-likeness (QED) is 0.0441. The van der Waals surface area contributed by atoms with Gasteiger partial charge in [-0.3, -0.25) is 36.4 Å². The lowest BCUT2D eigenvalue weighted by Crippen LogP contribution is -2.59. The molecule has 53 heavy (non-hydrogen) atoms. The van der Waals surface area contributed by atoms with Crippen molar-refractivity contribution in [2.45, 2.75) is 49.0 Å². The molecule has 1 saturated heterocycles. The highest BCUT2D eigenvalue weighted by molar-refractivity contribution is 7.82. The average molecular weight is 955 g/mol. The molecule has 34 nitrogen and oxygen atoms in total. The van der Waals surface area contributed by atoms with E-state index >= 15 is 0 Å². The predicted octanol–water partition coefficient (Wildman–Crippen LogP) is -6.51. The Labute approximate surface area is 297 Å². The lowest BCUT2D eigenvalue weighted by atomic mass is 10.0. The van der Waals surface area contributed by atoms with Gasteiger partial charge in [-0.1, -0.05) is 0 Å². The van der Waals surface area contributed by atoms with Gasteiger partial charge in [0.15, 0.2) is 12.4 Å². The standard InChI is InChI=1S/C11H22O34S8/c12-46(13,14)38-3-6(41-49(21,22)23)8(43-51(27,28)29)7(42-50(24,25)26)4(39-47(15,16)17)1-36-11-10(45-53(33,34)35)9(44-52(30,31)32)5(2-37-11)40-48(18,19)20/h4-11H,1-3H2,(H,12,13,14)(H,15,16,17)(H,18,19,20)(H,21,22,23)(H,24,25,26)(H,27,28,29)(H,30,31,32)(H,33,34,35)/t4-,5+,6-,7-,8-,9+,10+,11+/m0/s1. The third kappa shape index (κ3) is 22.3. The highest BCUT2D eigenvalue weighted by atomic mass is 32.3. The molecule has 0 bridgehead atoms. The van der Waals surface area contributed by atoms with Crippen LogP contribution in [0.5, 0.6) is 0 Å². The van der Waals surface area contributed by atoms with Gasteiger partial charge in [0.2, 0.25) is 0 Å². The number of ether oxygens (including phenoxy) is 2. The lowest BCUT2D eigenvalue weighted by molar-refractivity contribution is -0.263. The summed E-state index contributed by atoms with van der Waals surface area (Å²) in [4.78, 5) is 0. The molecule has 8 N–H and O–H groups in total. The van der Waals surface area contributed by atoms with Crippen molar-refractivity contribution in [1.29, 1.82) is 0 Å². The van der Waals surface area contributed by atoms with E-state index in [1.807, 2.05) is 0 Å². The van der Waals surface area contributed by atoms with E-state index in [1.54, 1.807) is 0 Å². The van der Waals surface area contributed by atoms with Gasteiger partial charge in [-0.05, 0) is 0 Å². The summed E-state index contributed by atoms with van der Waals surface area (Å²) in [5.74, 6) is 0. The Morgan fingerprint density at radius 3 is 1.15 bits per heavy atom. The molecule has 0 unspecified atom stereocenters. The van der Waals surface area contributed by atoms with Crippen LogP contribution < -0.4 is 0 Å². The Hall–Kier alpha value is -1.12. The molecule has 318 valence electrons. The third-order valence-electron chi connectivity index (χ3n) is 4.91. The first-order chi connectivity index (χ1) is 23.2. The molecule has 1 rings (SSSR count). The summed E-state index contributed by atoms with van der Waals surface area (Å²) in [6.07, 6.45) is -25.6. The van der Waals surface area contributed by atoms with Crippen LogP contribution in [0.2, 0.25) is 0 Å². The molecule has 0 aromatic heterocycles. The Balaban J connectivity index is 4.00. The summed E-state index contributed by atoms with van der Waals surface area (Å²) in [5.41, 5.74) is 0. The zero-order valence-electron chi connectivity index (χ0n) is 24.2.